The van der Waals surface area contributed by atoms with Crippen LogP contribution in [0.2, 0.25) is 0 Å². The van der Waals surface area contributed by atoms with Gasteiger partial charge in [0.2, 0.25) is 0 Å². The van der Waals surface area contributed by atoms with E-state index in [-0.39, 0.29) is 24.2 Å². The van der Waals surface area contributed by atoms with E-state index in [1.807, 2.05) is 6.92 Å². The fourth-order valence-electron chi connectivity index (χ4n) is 1.09. The largest absolute Gasteiger partial charge is 0.507 e. The molecule has 0 saturated heterocycles. The zero-order valence-electron chi connectivity index (χ0n) is 8.90. The van der Waals surface area contributed by atoms with Gasteiger partial charge in [0.05, 0.1) is 4.47 Å². The molecule has 3 N–H and O–H groups in total. The molecule has 0 aromatic heterocycles. The summed E-state index contributed by atoms with van der Waals surface area (Å²) in [6, 6.07) is 4.62. The minimum absolute atomic E-state index is 0.0213. The monoisotopic (exact) mass is 287 g/mol. The van der Waals surface area contributed by atoms with Crippen molar-refractivity contribution in [1.29, 1.82) is 0 Å². The van der Waals surface area contributed by atoms with E-state index >= 15 is 0 Å². The number of phenolic OH excluding ortho intramolecular Hbond substituents is 1. The van der Waals surface area contributed by atoms with Crippen LogP contribution in [0.1, 0.15) is 17.3 Å². The summed E-state index contributed by atoms with van der Waals surface area (Å²) >= 11 is 3.14. The molecule has 0 saturated carbocycles. The van der Waals surface area contributed by atoms with Crippen LogP contribution >= 0.6 is 15.9 Å². The molecule has 0 aliphatic rings. The van der Waals surface area contributed by atoms with Crippen molar-refractivity contribution in [1.82, 2.24) is 5.32 Å². The number of rotatable bonds is 4. The molecule has 1 amide bonds. The van der Waals surface area contributed by atoms with Crippen molar-refractivity contribution < 1.29 is 15.0 Å². The molecule has 0 bridgehead atoms. The highest BCUT2D eigenvalue weighted by molar-refractivity contribution is 9.10. The number of benzene rings is 1. The molecule has 0 aliphatic heterocycles. The zero-order valence-corrected chi connectivity index (χ0v) is 10.5. The Balaban J connectivity index is 2.63. The molecule has 1 atom stereocenters. The first-order valence-corrected chi connectivity index (χ1v) is 5.71. The van der Waals surface area contributed by atoms with Crippen molar-refractivity contribution in [3.8, 4) is 5.75 Å². The first-order chi connectivity index (χ1) is 7.54. The van der Waals surface area contributed by atoms with Gasteiger partial charge in [-0.15, -0.1) is 0 Å². The number of aromatic hydroxyl groups is 1. The van der Waals surface area contributed by atoms with Crippen LogP contribution in [0.25, 0.3) is 0 Å². The predicted molar refractivity (Wildman–Crippen MR) is 64.4 cm³/mol. The second-order valence-corrected chi connectivity index (χ2v) is 4.52. The third-order valence-electron chi connectivity index (χ3n) is 2.13. The van der Waals surface area contributed by atoms with Gasteiger partial charge in [0, 0.05) is 18.7 Å². The molecule has 1 rings (SSSR count). The van der Waals surface area contributed by atoms with E-state index < -0.39 is 0 Å². The molecular formula is C11H14BrNO3. The highest BCUT2D eigenvalue weighted by Gasteiger charge is 2.09. The summed E-state index contributed by atoms with van der Waals surface area (Å²) in [6.45, 7) is 2.28. The van der Waals surface area contributed by atoms with Gasteiger partial charge in [0.15, 0.2) is 0 Å². The van der Waals surface area contributed by atoms with Gasteiger partial charge in [0.1, 0.15) is 5.75 Å². The van der Waals surface area contributed by atoms with Gasteiger partial charge in [-0.1, -0.05) is 6.92 Å². The van der Waals surface area contributed by atoms with Crippen LogP contribution in [-0.2, 0) is 0 Å². The lowest BCUT2D eigenvalue weighted by molar-refractivity contribution is 0.0942. The number of hydrogen-bond acceptors (Lipinski definition) is 3. The van der Waals surface area contributed by atoms with E-state index in [9.17, 15) is 9.90 Å². The van der Waals surface area contributed by atoms with Crippen LogP contribution in [0.4, 0.5) is 0 Å². The van der Waals surface area contributed by atoms with Crippen LogP contribution < -0.4 is 5.32 Å². The van der Waals surface area contributed by atoms with Gasteiger partial charge in [-0.3, -0.25) is 4.79 Å². The fraction of sp³-hybridized carbons (Fsp3) is 0.364. The average Bonchev–Trinajstić information content (AvgIpc) is 2.29. The summed E-state index contributed by atoms with van der Waals surface area (Å²) in [6.07, 6.45) is 0. The molecule has 1 unspecified atom stereocenters. The maximum atomic E-state index is 11.6. The maximum Gasteiger partial charge on any atom is 0.251 e. The van der Waals surface area contributed by atoms with Crippen LogP contribution in [0.15, 0.2) is 22.7 Å². The van der Waals surface area contributed by atoms with Gasteiger partial charge in [-0.2, -0.15) is 0 Å². The number of carbonyl (C=O) groups is 1. The molecule has 5 heteroatoms. The Morgan fingerprint density at radius 3 is 2.81 bits per heavy atom. The Hall–Kier alpha value is -1.07. The summed E-state index contributed by atoms with van der Waals surface area (Å²) in [5, 5.41) is 20.9. The Labute approximate surface area is 102 Å². The van der Waals surface area contributed by atoms with Crippen molar-refractivity contribution in [2.45, 2.75) is 6.92 Å². The lowest BCUT2D eigenvalue weighted by atomic mass is 10.1. The second-order valence-electron chi connectivity index (χ2n) is 3.66. The molecule has 0 fully saturated rings. The summed E-state index contributed by atoms with van der Waals surface area (Å²) in [4.78, 5) is 11.6. The highest BCUT2D eigenvalue weighted by atomic mass is 79.9. The summed E-state index contributed by atoms with van der Waals surface area (Å²) in [7, 11) is 0. The molecule has 0 spiro atoms. The number of nitrogens with one attached hydrogen (secondary N) is 1. The molecule has 1 aromatic rings. The van der Waals surface area contributed by atoms with E-state index in [4.69, 9.17) is 5.11 Å². The maximum absolute atomic E-state index is 11.6. The normalized spacial score (nSPS) is 12.2. The molecule has 16 heavy (non-hydrogen) atoms. The molecule has 0 heterocycles. The minimum Gasteiger partial charge on any atom is -0.507 e. The Morgan fingerprint density at radius 1 is 1.56 bits per heavy atom. The lowest BCUT2D eigenvalue weighted by Gasteiger charge is -2.09. The summed E-state index contributed by atoms with van der Waals surface area (Å²) in [5.41, 5.74) is 0.394. The second kappa shape index (κ2) is 5.86. The van der Waals surface area contributed by atoms with E-state index in [1.165, 1.54) is 6.07 Å². The first-order valence-electron chi connectivity index (χ1n) is 4.92. The number of phenols is 1. The lowest BCUT2D eigenvalue weighted by Crippen LogP contribution is -2.29. The van der Waals surface area contributed by atoms with Crippen LogP contribution in [0.3, 0.4) is 0 Å². The van der Waals surface area contributed by atoms with Crippen molar-refractivity contribution in [3.63, 3.8) is 0 Å². The smallest absolute Gasteiger partial charge is 0.251 e. The minimum atomic E-state index is -0.261. The number of amides is 1. The van der Waals surface area contributed by atoms with Crippen molar-refractivity contribution in [2.24, 2.45) is 5.92 Å². The van der Waals surface area contributed by atoms with Crippen LogP contribution in [0.5, 0.6) is 5.75 Å². The Morgan fingerprint density at radius 2 is 2.25 bits per heavy atom. The number of halogens is 1. The SMILES string of the molecule is CC(CO)CNC(=O)c1ccc(Br)c(O)c1. The summed E-state index contributed by atoms with van der Waals surface area (Å²) < 4.78 is 0.549. The quantitative estimate of drug-likeness (QED) is 0.786. The number of aliphatic hydroxyl groups is 1. The zero-order chi connectivity index (χ0) is 12.1. The van der Waals surface area contributed by atoms with Crippen molar-refractivity contribution in [2.75, 3.05) is 13.2 Å². The molecule has 4 nitrogen and oxygen atoms in total. The van der Waals surface area contributed by atoms with Crippen molar-refractivity contribution in [3.05, 3.63) is 28.2 Å². The van der Waals surface area contributed by atoms with Gasteiger partial charge >= 0.3 is 0 Å². The van der Waals surface area contributed by atoms with Crippen LogP contribution in [0, 0.1) is 5.92 Å². The average molecular weight is 288 g/mol. The Kier molecular flexibility index (Phi) is 4.76. The summed E-state index contributed by atoms with van der Waals surface area (Å²) in [5.74, 6) is -0.209. The predicted octanol–water partition coefficient (Wildman–Crippen LogP) is 1.51. The number of hydrogen-bond donors (Lipinski definition) is 3. The van der Waals surface area contributed by atoms with E-state index in [2.05, 4.69) is 21.2 Å². The first kappa shape index (κ1) is 13.0. The van der Waals surface area contributed by atoms with Crippen LogP contribution in [-0.4, -0.2) is 29.3 Å². The topological polar surface area (TPSA) is 69.6 Å². The molecular weight excluding hydrogens is 274 g/mol. The van der Waals surface area contributed by atoms with E-state index in [0.717, 1.165) is 0 Å². The fourth-order valence-corrected chi connectivity index (χ4v) is 1.33. The molecule has 0 radical (unpaired) electrons. The third-order valence-corrected chi connectivity index (χ3v) is 2.80. The van der Waals surface area contributed by atoms with Gasteiger partial charge in [-0.05, 0) is 40.0 Å². The Bertz CT molecular complexity index is 381. The van der Waals surface area contributed by atoms with Gasteiger partial charge < -0.3 is 15.5 Å². The molecule has 1 aromatic carbocycles. The third kappa shape index (κ3) is 3.50. The van der Waals surface area contributed by atoms with E-state index in [1.54, 1.807) is 12.1 Å². The molecule has 0 aliphatic carbocycles. The molecule has 88 valence electrons. The van der Waals surface area contributed by atoms with Gasteiger partial charge in [0.25, 0.3) is 5.91 Å². The number of aliphatic hydroxyl groups excluding tert-OH is 1. The standard InChI is InChI=1S/C11H14BrNO3/c1-7(6-14)5-13-11(16)8-2-3-9(12)10(15)4-8/h2-4,7,14-15H,5-6H2,1H3,(H,13,16). The number of carbonyl (C=O) groups excluding carboxylic acids is 1. The van der Waals surface area contributed by atoms with E-state index in [0.29, 0.717) is 16.6 Å². The van der Waals surface area contributed by atoms with Crippen molar-refractivity contribution >= 4 is 21.8 Å². The van der Waals surface area contributed by atoms with Gasteiger partial charge in [-0.25, -0.2) is 0 Å². The highest BCUT2D eigenvalue weighted by Crippen LogP contribution is 2.24.